The molecule has 2 aromatic rings. The molecule has 0 aliphatic heterocycles. The highest BCUT2D eigenvalue weighted by Gasteiger charge is 2.06. The second-order valence-electron chi connectivity index (χ2n) is 4.25. The first kappa shape index (κ1) is 14.0. The van der Waals surface area contributed by atoms with E-state index >= 15 is 0 Å². The van der Waals surface area contributed by atoms with Crippen LogP contribution in [0.4, 0.5) is 5.69 Å². The molecule has 0 radical (unpaired) electrons. The van der Waals surface area contributed by atoms with Crippen LogP contribution in [0.2, 0.25) is 10.0 Å². The molecule has 0 saturated carbocycles. The predicted octanol–water partition coefficient (Wildman–Crippen LogP) is 4.72. The number of rotatable bonds is 4. The molecule has 0 unspecified atom stereocenters. The van der Waals surface area contributed by atoms with Crippen molar-refractivity contribution >= 4 is 28.9 Å². The van der Waals surface area contributed by atoms with Gasteiger partial charge in [-0.25, -0.2) is 0 Å². The number of aryl methyl sites for hydroxylation is 1. The van der Waals surface area contributed by atoms with Gasteiger partial charge in [0, 0.05) is 10.7 Å². The molecule has 0 amide bonds. The van der Waals surface area contributed by atoms with Gasteiger partial charge in [-0.1, -0.05) is 36.2 Å². The number of hydrogen-bond acceptors (Lipinski definition) is 2. The van der Waals surface area contributed by atoms with Crippen LogP contribution in [0.25, 0.3) is 0 Å². The summed E-state index contributed by atoms with van der Waals surface area (Å²) in [6, 6.07) is 11.0. The highest BCUT2D eigenvalue weighted by molar-refractivity contribution is 6.35. The monoisotopic (exact) mass is 295 g/mol. The van der Waals surface area contributed by atoms with E-state index in [9.17, 15) is 0 Å². The SMILES string of the molecule is CCc1ccc(N)cc1COc1ccc(Cl)cc1Cl. The molecule has 0 saturated heterocycles. The lowest BCUT2D eigenvalue weighted by molar-refractivity contribution is 0.305. The molecule has 0 heterocycles. The molecule has 0 fully saturated rings. The molecule has 2 rings (SSSR count). The Morgan fingerprint density at radius 2 is 1.84 bits per heavy atom. The number of anilines is 1. The van der Waals surface area contributed by atoms with E-state index < -0.39 is 0 Å². The van der Waals surface area contributed by atoms with Gasteiger partial charge in [0.1, 0.15) is 12.4 Å². The van der Waals surface area contributed by atoms with Gasteiger partial charge in [-0.3, -0.25) is 0 Å². The minimum Gasteiger partial charge on any atom is -0.487 e. The molecule has 0 bridgehead atoms. The molecule has 2 N–H and O–H groups in total. The second-order valence-corrected chi connectivity index (χ2v) is 5.09. The van der Waals surface area contributed by atoms with Crippen molar-refractivity contribution in [3.05, 3.63) is 57.6 Å². The fourth-order valence-electron chi connectivity index (χ4n) is 1.87. The van der Waals surface area contributed by atoms with Crippen LogP contribution < -0.4 is 10.5 Å². The third kappa shape index (κ3) is 3.55. The maximum absolute atomic E-state index is 6.07. The van der Waals surface area contributed by atoms with Crippen molar-refractivity contribution in [3.8, 4) is 5.75 Å². The first-order valence-corrected chi connectivity index (χ1v) is 6.81. The number of nitrogens with two attached hydrogens (primary N) is 1. The van der Waals surface area contributed by atoms with Gasteiger partial charge in [0.25, 0.3) is 0 Å². The van der Waals surface area contributed by atoms with Crippen molar-refractivity contribution in [1.29, 1.82) is 0 Å². The van der Waals surface area contributed by atoms with Crippen LogP contribution in [0.15, 0.2) is 36.4 Å². The van der Waals surface area contributed by atoms with Crippen LogP contribution in [0.1, 0.15) is 18.1 Å². The first-order valence-electron chi connectivity index (χ1n) is 6.05. The van der Waals surface area contributed by atoms with E-state index in [1.54, 1.807) is 18.2 Å². The summed E-state index contributed by atoms with van der Waals surface area (Å²) in [4.78, 5) is 0. The largest absolute Gasteiger partial charge is 0.487 e. The molecular weight excluding hydrogens is 281 g/mol. The Morgan fingerprint density at radius 3 is 2.53 bits per heavy atom. The highest BCUT2D eigenvalue weighted by atomic mass is 35.5. The number of hydrogen-bond donors (Lipinski definition) is 1. The van der Waals surface area contributed by atoms with E-state index in [2.05, 4.69) is 6.92 Å². The summed E-state index contributed by atoms with van der Waals surface area (Å²) >= 11 is 11.9. The fraction of sp³-hybridized carbons (Fsp3) is 0.200. The van der Waals surface area contributed by atoms with E-state index in [0.29, 0.717) is 22.4 Å². The zero-order chi connectivity index (χ0) is 13.8. The van der Waals surface area contributed by atoms with E-state index in [1.807, 2.05) is 18.2 Å². The minimum absolute atomic E-state index is 0.440. The van der Waals surface area contributed by atoms with Crippen LogP contribution in [0.5, 0.6) is 5.75 Å². The van der Waals surface area contributed by atoms with Gasteiger partial charge >= 0.3 is 0 Å². The summed E-state index contributed by atoms with van der Waals surface area (Å²) in [6.45, 7) is 2.54. The summed E-state index contributed by atoms with van der Waals surface area (Å²) in [7, 11) is 0. The molecule has 4 heteroatoms. The van der Waals surface area contributed by atoms with E-state index in [4.69, 9.17) is 33.7 Å². The van der Waals surface area contributed by atoms with Crippen molar-refractivity contribution in [2.75, 3.05) is 5.73 Å². The molecule has 19 heavy (non-hydrogen) atoms. The smallest absolute Gasteiger partial charge is 0.138 e. The zero-order valence-corrected chi connectivity index (χ0v) is 12.1. The van der Waals surface area contributed by atoms with Crippen LogP contribution in [0, 0.1) is 0 Å². The van der Waals surface area contributed by atoms with Crippen LogP contribution in [-0.4, -0.2) is 0 Å². The standard InChI is InChI=1S/C15H15Cl2NO/c1-2-10-3-5-13(18)7-11(10)9-19-15-6-4-12(16)8-14(15)17/h3-8H,2,9,18H2,1H3. The number of halogens is 2. The maximum Gasteiger partial charge on any atom is 0.138 e. The summed E-state index contributed by atoms with van der Waals surface area (Å²) in [6.07, 6.45) is 0.938. The van der Waals surface area contributed by atoms with Crippen molar-refractivity contribution in [2.24, 2.45) is 0 Å². The lowest BCUT2D eigenvalue weighted by atomic mass is 10.1. The average Bonchev–Trinajstić information content (AvgIpc) is 2.38. The third-order valence-corrected chi connectivity index (χ3v) is 3.42. The Labute approximate surface area is 123 Å². The van der Waals surface area contributed by atoms with Gasteiger partial charge in [-0.15, -0.1) is 0 Å². The van der Waals surface area contributed by atoms with Crippen molar-refractivity contribution in [1.82, 2.24) is 0 Å². The van der Waals surface area contributed by atoms with Crippen LogP contribution in [-0.2, 0) is 13.0 Å². The van der Waals surface area contributed by atoms with Crippen LogP contribution in [0.3, 0.4) is 0 Å². The molecule has 2 nitrogen and oxygen atoms in total. The van der Waals surface area contributed by atoms with Crippen molar-refractivity contribution in [2.45, 2.75) is 20.0 Å². The molecule has 2 aromatic carbocycles. The first-order chi connectivity index (χ1) is 9.10. The highest BCUT2D eigenvalue weighted by Crippen LogP contribution is 2.28. The Hall–Kier alpha value is -1.38. The van der Waals surface area contributed by atoms with Gasteiger partial charge in [-0.2, -0.15) is 0 Å². The minimum atomic E-state index is 0.440. The molecule has 0 aliphatic carbocycles. The number of nitrogen functional groups attached to an aromatic ring is 1. The van der Waals surface area contributed by atoms with Gasteiger partial charge < -0.3 is 10.5 Å². The molecule has 0 atom stereocenters. The van der Waals surface area contributed by atoms with Gasteiger partial charge in [0.2, 0.25) is 0 Å². The molecular formula is C15H15Cl2NO. The maximum atomic E-state index is 6.07. The Kier molecular flexibility index (Phi) is 4.56. The van der Waals surface area contributed by atoms with Gasteiger partial charge in [0.15, 0.2) is 0 Å². The second kappa shape index (κ2) is 6.18. The topological polar surface area (TPSA) is 35.2 Å². The summed E-state index contributed by atoms with van der Waals surface area (Å²) < 4.78 is 5.73. The zero-order valence-electron chi connectivity index (χ0n) is 10.6. The normalized spacial score (nSPS) is 10.5. The summed E-state index contributed by atoms with van der Waals surface area (Å²) in [5.41, 5.74) is 8.84. The summed E-state index contributed by atoms with van der Waals surface area (Å²) in [5.74, 6) is 0.621. The lowest BCUT2D eigenvalue weighted by Crippen LogP contribution is -2.01. The molecule has 0 aromatic heterocycles. The molecule has 100 valence electrons. The van der Waals surface area contributed by atoms with E-state index in [1.165, 1.54) is 5.56 Å². The van der Waals surface area contributed by atoms with E-state index in [-0.39, 0.29) is 0 Å². The predicted molar refractivity (Wildman–Crippen MR) is 81.0 cm³/mol. The Bertz CT molecular complexity index is 584. The van der Waals surface area contributed by atoms with Gasteiger partial charge in [-0.05, 0) is 47.9 Å². The van der Waals surface area contributed by atoms with Crippen LogP contribution >= 0.6 is 23.2 Å². The Balaban J connectivity index is 2.16. The summed E-state index contributed by atoms with van der Waals surface area (Å²) in [5, 5.41) is 1.10. The quantitative estimate of drug-likeness (QED) is 0.829. The molecule has 0 spiro atoms. The van der Waals surface area contributed by atoms with Crippen molar-refractivity contribution in [3.63, 3.8) is 0 Å². The number of ether oxygens (including phenoxy) is 1. The van der Waals surface area contributed by atoms with Gasteiger partial charge in [0.05, 0.1) is 5.02 Å². The Morgan fingerprint density at radius 1 is 1.05 bits per heavy atom. The van der Waals surface area contributed by atoms with Crippen molar-refractivity contribution < 1.29 is 4.74 Å². The van der Waals surface area contributed by atoms with E-state index in [0.717, 1.165) is 17.7 Å². The molecule has 0 aliphatic rings. The lowest BCUT2D eigenvalue weighted by Gasteiger charge is -2.12. The number of benzene rings is 2. The average molecular weight is 296 g/mol. The fourth-order valence-corrected chi connectivity index (χ4v) is 2.34. The third-order valence-electron chi connectivity index (χ3n) is 2.89.